The van der Waals surface area contributed by atoms with Gasteiger partial charge in [0.25, 0.3) is 0 Å². The number of para-hydroxylation sites is 2. The first-order valence-corrected chi connectivity index (χ1v) is 8.38. The maximum absolute atomic E-state index is 4.78. The predicted molar refractivity (Wildman–Crippen MR) is 94.8 cm³/mol. The van der Waals surface area contributed by atoms with Crippen LogP contribution in [-0.4, -0.2) is 50.1 Å². The molecule has 3 heterocycles. The van der Waals surface area contributed by atoms with E-state index in [4.69, 9.17) is 4.98 Å². The van der Waals surface area contributed by atoms with Gasteiger partial charge in [-0.25, -0.2) is 9.97 Å². The number of aromatic nitrogens is 4. The summed E-state index contributed by atoms with van der Waals surface area (Å²) in [5.74, 6) is 2.08. The van der Waals surface area contributed by atoms with Crippen molar-refractivity contribution in [1.82, 2.24) is 24.4 Å². The molecule has 1 atom stereocenters. The fourth-order valence-corrected chi connectivity index (χ4v) is 3.27. The lowest BCUT2D eigenvalue weighted by molar-refractivity contribution is 0.174. The minimum Gasteiger partial charge on any atom is -0.352 e. The number of hydrogen-bond donors (Lipinski definition) is 0. The Morgan fingerprint density at radius 2 is 1.96 bits per heavy atom. The standard InChI is InChI=1S/C18H22N6/c1-14-12-24(10-9-23(14)13-18-19-7-8-22(18)2)17-11-20-15-5-3-4-6-16(15)21-17/h3-8,11,14H,9-10,12-13H2,1-2H3. The first kappa shape index (κ1) is 15.1. The van der Waals surface area contributed by atoms with Crippen LogP contribution in [-0.2, 0) is 13.6 Å². The van der Waals surface area contributed by atoms with Gasteiger partial charge in [0.05, 0.1) is 23.8 Å². The predicted octanol–water partition coefficient (Wildman–Crippen LogP) is 2.07. The quantitative estimate of drug-likeness (QED) is 0.739. The van der Waals surface area contributed by atoms with Crippen LogP contribution in [0.3, 0.4) is 0 Å². The summed E-state index contributed by atoms with van der Waals surface area (Å²) < 4.78 is 2.09. The van der Waals surface area contributed by atoms with Gasteiger partial charge in [0.1, 0.15) is 11.6 Å². The molecule has 0 saturated carbocycles. The Morgan fingerprint density at radius 1 is 1.12 bits per heavy atom. The number of piperazine rings is 1. The number of aryl methyl sites for hydroxylation is 1. The van der Waals surface area contributed by atoms with E-state index in [0.29, 0.717) is 6.04 Å². The van der Waals surface area contributed by atoms with Gasteiger partial charge in [0, 0.05) is 45.1 Å². The van der Waals surface area contributed by atoms with Gasteiger partial charge in [-0.05, 0) is 19.1 Å². The number of benzene rings is 1. The van der Waals surface area contributed by atoms with Gasteiger partial charge in [-0.1, -0.05) is 12.1 Å². The molecule has 3 aromatic rings. The fraction of sp³-hybridized carbons (Fsp3) is 0.389. The molecule has 4 rings (SSSR count). The molecule has 1 aliphatic heterocycles. The summed E-state index contributed by atoms with van der Waals surface area (Å²) in [4.78, 5) is 18.6. The Bertz CT molecular complexity index is 842. The van der Waals surface area contributed by atoms with E-state index in [2.05, 4.69) is 31.3 Å². The summed E-state index contributed by atoms with van der Waals surface area (Å²) in [6.45, 7) is 6.08. The number of anilines is 1. The monoisotopic (exact) mass is 322 g/mol. The van der Waals surface area contributed by atoms with E-state index in [0.717, 1.165) is 48.9 Å². The molecule has 24 heavy (non-hydrogen) atoms. The van der Waals surface area contributed by atoms with Gasteiger partial charge in [-0.3, -0.25) is 9.88 Å². The summed E-state index contributed by atoms with van der Waals surface area (Å²) in [5.41, 5.74) is 1.90. The highest BCUT2D eigenvalue weighted by molar-refractivity contribution is 5.75. The van der Waals surface area contributed by atoms with E-state index in [1.165, 1.54) is 0 Å². The second kappa shape index (κ2) is 6.20. The van der Waals surface area contributed by atoms with Crippen LogP contribution in [0.1, 0.15) is 12.7 Å². The molecule has 1 saturated heterocycles. The molecule has 6 nitrogen and oxygen atoms in total. The van der Waals surface area contributed by atoms with E-state index < -0.39 is 0 Å². The first-order chi connectivity index (χ1) is 11.7. The molecule has 6 heteroatoms. The summed E-state index contributed by atoms with van der Waals surface area (Å²) in [6.07, 6.45) is 5.76. The van der Waals surface area contributed by atoms with Crippen molar-refractivity contribution in [3.63, 3.8) is 0 Å². The Kier molecular flexibility index (Phi) is 3.90. The minimum absolute atomic E-state index is 0.448. The lowest BCUT2D eigenvalue weighted by Gasteiger charge is -2.40. The zero-order chi connectivity index (χ0) is 16.5. The average Bonchev–Trinajstić information content (AvgIpc) is 3.01. The van der Waals surface area contributed by atoms with Crippen LogP contribution in [0.15, 0.2) is 42.9 Å². The highest BCUT2D eigenvalue weighted by Gasteiger charge is 2.25. The van der Waals surface area contributed by atoms with Crippen molar-refractivity contribution >= 4 is 16.9 Å². The maximum atomic E-state index is 4.78. The van der Waals surface area contributed by atoms with E-state index in [-0.39, 0.29) is 0 Å². The largest absolute Gasteiger partial charge is 0.352 e. The van der Waals surface area contributed by atoms with Gasteiger partial charge in [-0.15, -0.1) is 0 Å². The average molecular weight is 322 g/mol. The molecule has 0 bridgehead atoms. The highest BCUT2D eigenvalue weighted by Crippen LogP contribution is 2.20. The van der Waals surface area contributed by atoms with Crippen molar-refractivity contribution in [1.29, 1.82) is 0 Å². The molecule has 1 fully saturated rings. The zero-order valence-corrected chi connectivity index (χ0v) is 14.1. The van der Waals surface area contributed by atoms with Crippen LogP contribution in [0, 0.1) is 0 Å². The molecule has 0 spiro atoms. The number of nitrogens with zero attached hydrogens (tertiary/aromatic N) is 6. The second-order valence-electron chi connectivity index (χ2n) is 6.44. The first-order valence-electron chi connectivity index (χ1n) is 8.38. The van der Waals surface area contributed by atoms with Gasteiger partial charge in [0.2, 0.25) is 0 Å². The van der Waals surface area contributed by atoms with E-state index in [1.54, 1.807) is 0 Å². The van der Waals surface area contributed by atoms with Crippen molar-refractivity contribution in [2.45, 2.75) is 19.5 Å². The molecule has 0 radical (unpaired) electrons. The smallest absolute Gasteiger partial charge is 0.147 e. The fourth-order valence-electron chi connectivity index (χ4n) is 3.27. The van der Waals surface area contributed by atoms with Crippen molar-refractivity contribution in [2.75, 3.05) is 24.5 Å². The minimum atomic E-state index is 0.448. The van der Waals surface area contributed by atoms with Crippen molar-refractivity contribution in [3.8, 4) is 0 Å². The van der Waals surface area contributed by atoms with E-state index in [9.17, 15) is 0 Å². The van der Waals surface area contributed by atoms with Crippen molar-refractivity contribution < 1.29 is 0 Å². The third-order valence-corrected chi connectivity index (χ3v) is 4.79. The Hall–Kier alpha value is -2.47. The third kappa shape index (κ3) is 2.85. The molecule has 0 amide bonds. The lowest BCUT2D eigenvalue weighted by Crippen LogP contribution is -2.52. The summed E-state index contributed by atoms with van der Waals surface area (Å²) in [7, 11) is 2.05. The normalized spacial score (nSPS) is 19.1. The maximum Gasteiger partial charge on any atom is 0.147 e. The molecular formula is C18H22N6. The molecule has 124 valence electrons. The number of fused-ring (bicyclic) bond motifs is 1. The summed E-state index contributed by atoms with van der Waals surface area (Å²) in [5, 5.41) is 0. The molecule has 1 aromatic carbocycles. The molecule has 0 N–H and O–H groups in total. The molecule has 1 unspecified atom stereocenters. The molecule has 1 aliphatic rings. The number of imidazole rings is 1. The Labute approximate surface area is 141 Å². The Morgan fingerprint density at radius 3 is 2.71 bits per heavy atom. The summed E-state index contributed by atoms with van der Waals surface area (Å²) >= 11 is 0. The van der Waals surface area contributed by atoms with Crippen LogP contribution in [0.4, 0.5) is 5.82 Å². The van der Waals surface area contributed by atoms with Crippen molar-refractivity contribution in [2.24, 2.45) is 7.05 Å². The topological polar surface area (TPSA) is 50.1 Å². The van der Waals surface area contributed by atoms with Crippen molar-refractivity contribution in [3.05, 3.63) is 48.7 Å². The number of rotatable bonds is 3. The van der Waals surface area contributed by atoms with Crippen LogP contribution < -0.4 is 4.90 Å². The molecular weight excluding hydrogens is 300 g/mol. The van der Waals surface area contributed by atoms with Gasteiger partial charge in [-0.2, -0.15) is 0 Å². The lowest BCUT2D eigenvalue weighted by atomic mass is 10.2. The van der Waals surface area contributed by atoms with Crippen LogP contribution in [0.25, 0.3) is 11.0 Å². The zero-order valence-electron chi connectivity index (χ0n) is 14.1. The van der Waals surface area contributed by atoms with Gasteiger partial charge >= 0.3 is 0 Å². The number of hydrogen-bond acceptors (Lipinski definition) is 5. The molecule has 0 aliphatic carbocycles. The van der Waals surface area contributed by atoms with Gasteiger partial charge in [0.15, 0.2) is 0 Å². The Balaban J connectivity index is 1.48. The van der Waals surface area contributed by atoms with Crippen LogP contribution in [0.2, 0.25) is 0 Å². The SMILES string of the molecule is CC1CN(c2cnc3ccccc3n2)CCN1Cc1nccn1C. The third-order valence-electron chi connectivity index (χ3n) is 4.79. The highest BCUT2D eigenvalue weighted by atomic mass is 15.3. The van der Waals surface area contributed by atoms with E-state index >= 15 is 0 Å². The van der Waals surface area contributed by atoms with Crippen LogP contribution in [0.5, 0.6) is 0 Å². The molecule has 2 aromatic heterocycles. The van der Waals surface area contributed by atoms with E-state index in [1.807, 2.05) is 49.9 Å². The second-order valence-corrected chi connectivity index (χ2v) is 6.44. The van der Waals surface area contributed by atoms with Gasteiger partial charge < -0.3 is 9.47 Å². The summed E-state index contributed by atoms with van der Waals surface area (Å²) in [6, 6.07) is 8.47. The van der Waals surface area contributed by atoms with Crippen LogP contribution >= 0.6 is 0 Å².